The number of hydrogen-bond acceptors (Lipinski definition) is 5. The molecule has 5 nitrogen and oxygen atoms in total. The first-order valence-corrected chi connectivity index (χ1v) is 10.2. The summed E-state index contributed by atoms with van der Waals surface area (Å²) in [7, 11) is 3.94. The summed E-state index contributed by atoms with van der Waals surface area (Å²) in [6.07, 6.45) is -0.476. The van der Waals surface area contributed by atoms with Gasteiger partial charge in [-0.1, -0.05) is 6.92 Å². The lowest BCUT2D eigenvalue weighted by Crippen LogP contribution is -2.52. The summed E-state index contributed by atoms with van der Waals surface area (Å²) in [5, 5.41) is 3.94. The molecule has 8 heteroatoms. The Morgan fingerprint density at radius 3 is 2.73 bits per heavy atom. The summed E-state index contributed by atoms with van der Waals surface area (Å²) in [6, 6.07) is 5.87. The first-order valence-electron chi connectivity index (χ1n) is 10.2. The van der Waals surface area contributed by atoms with Crippen LogP contribution >= 0.6 is 0 Å². The lowest BCUT2D eigenvalue weighted by Gasteiger charge is -2.40. The standard InChI is InChI=1S/C22H29F3N4O/c1-15-11-17(27-16(14-30)8-10-28(2)3)13-29(12-15)20-7-6-19(22(23,24)25)21-18(20)5-4-9-26-21/h4-7,9,14-17,27H,8,10-13H2,1-3H3. The van der Waals surface area contributed by atoms with Gasteiger partial charge in [0.05, 0.1) is 17.1 Å². The van der Waals surface area contributed by atoms with E-state index < -0.39 is 11.7 Å². The predicted molar refractivity (Wildman–Crippen MR) is 113 cm³/mol. The molecule has 0 spiro atoms. The highest BCUT2D eigenvalue weighted by atomic mass is 19.4. The maximum absolute atomic E-state index is 13.4. The second kappa shape index (κ2) is 9.31. The SMILES string of the molecule is CC1CC(NC(C=O)CCN(C)C)CN(c2ccc(C(F)(F)F)c3ncccc23)C1. The molecule has 1 aromatic heterocycles. The predicted octanol–water partition coefficient (Wildman–Crippen LogP) is 3.58. The van der Waals surface area contributed by atoms with Crippen LogP contribution in [0.1, 0.15) is 25.3 Å². The van der Waals surface area contributed by atoms with Crippen LogP contribution in [0, 0.1) is 5.92 Å². The summed E-state index contributed by atoms with van der Waals surface area (Å²) in [6.45, 7) is 4.31. The summed E-state index contributed by atoms with van der Waals surface area (Å²) < 4.78 is 40.3. The maximum atomic E-state index is 13.4. The quantitative estimate of drug-likeness (QED) is 0.692. The van der Waals surface area contributed by atoms with Gasteiger partial charge in [0.2, 0.25) is 0 Å². The Labute approximate surface area is 175 Å². The summed E-state index contributed by atoms with van der Waals surface area (Å²) >= 11 is 0. The second-order valence-electron chi connectivity index (χ2n) is 8.47. The normalized spacial score (nSPS) is 21.2. The van der Waals surface area contributed by atoms with Crippen LogP contribution in [-0.4, -0.2) is 62.0 Å². The van der Waals surface area contributed by atoms with Crippen molar-refractivity contribution in [2.24, 2.45) is 5.92 Å². The molecule has 1 fully saturated rings. The number of pyridine rings is 1. The molecule has 3 unspecified atom stereocenters. The monoisotopic (exact) mass is 422 g/mol. The van der Waals surface area contributed by atoms with Crippen molar-refractivity contribution in [1.29, 1.82) is 0 Å². The van der Waals surface area contributed by atoms with Crippen molar-refractivity contribution in [2.75, 3.05) is 38.6 Å². The molecule has 30 heavy (non-hydrogen) atoms. The number of nitrogens with zero attached hydrogens (tertiary/aromatic N) is 3. The largest absolute Gasteiger partial charge is 0.418 e. The first kappa shape index (κ1) is 22.5. The molecule has 1 aliphatic rings. The van der Waals surface area contributed by atoms with Crippen LogP contribution in [0.25, 0.3) is 10.9 Å². The number of aromatic nitrogens is 1. The van der Waals surface area contributed by atoms with Crippen LogP contribution in [0.4, 0.5) is 18.9 Å². The molecular formula is C22H29F3N4O. The Bertz CT molecular complexity index is 871. The smallest absolute Gasteiger partial charge is 0.369 e. The fraction of sp³-hybridized carbons (Fsp3) is 0.545. The van der Waals surface area contributed by atoms with E-state index in [1.54, 1.807) is 18.2 Å². The highest BCUT2D eigenvalue weighted by Crippen LogP contribution is 2.38. The molecule has 1 N–H and O–H groups in total. The molecule has 1 aliphatic heterocycles. The van der Waals surface area contributed by atoms with Crippen molar-refractivity contribution < 1.29 is 18.0 Å². The maximum Gasteiger partial charge on any atom is 0.418 e. The number of benzene rings is 1. The number of rotatable bonds is 7. The van der Waals surface area contributed by atoms with Crippen molar-refractivity contribution in [2.45, 2.75) is 38.0 Å². The molecular weight excluding hydrogens is 393 g/mol. The van der Waals surface area contributed by atoms with Crippen LogP contribution in [-0.2, 0) is 11.0 Å². The molecule has 3 rings (SSSR count). The van der Waals surface area contributed by atoms with Gasteiger partial charge >= 0.3 is 6.18 Å². The van der Waals surface area contributed by atoms with Crippen LogP contribution in [0.5, 0.6) is 0 Å². The van der Waals surface area contributed by atoms with Crippen molar-refractivity contribution in [3.05, 3.63) is 36.0 Å². The number of carbonyl (C=O) groups is 1. The zero-order valence-corrected chi connectivity index (χ0v) is 17.6. The van der Waals surface area contributed by atoms with E-state index in [0.29, 0.717) is 24.3 Å². The summed E-state index contributed by atoms with van der Waals surface area (Å²) in [4.78, 5) is 19.7. The Balaban J connectivity index is 1.85. The number of halogens is 3. The zero-order valence-electron chi connectivity index (χ0n) is 17.6. The van der Waals surface area contributed by atoms with Crippen molar-refractivity contribution in [3.63, 3.8) is 0 Å². The van der Waals surface area contributed by atoms with Gasteiger partial charge in [-0.2, -0.15) is 13.2 Å². The average Bonchev–Trinajstić information content (AvgIpc) is 2.68. The Kier molecular flexibility index (Phi) is 6.98. The molecule has 2 heterocycles. The lowest BCUT2D eigenvalue weighted by atomic mass is 9.93. The van der Waals surface area contributed by atoms with Crippen LogP contribution in [0.3, 0.4) is 0 Å². The molecule has 2 aromatic rings. The van der Waals surface area contributed by atoms with Crippen molar-refractivity contribution in [3.8, 4) is 0 Å². The molecule has 1 saturated heterocycles. The van der Waals surface area contributed by atoms with E-state index in [4.69, 9.17) is 0 Å². The fourth-order valence-electron chi connectivity index (χ4n) is 4.22. The molecule has 0 amide bonds. The summed E-state index contributed by atoms with van der Waals surface area (Å²) in [5.41, 5.74) is 0.00803. The highest BCUT2D eigenvalue weighted by molar-refractivity contribution is 5.94. The van der Waals surface area contributed by atoms with Crippen LogP contribution in [0.2, 0.25) is 0 Å². The van der Waals surface area contributed by atoms with E-state index in [9.17, 15) is 18.0 Å². The van der Waals surface area contributed by atoms with Crippen LogP contribution < -0.4 is 10.2 Å². The highest BCUT2D eigenvalue weighted by Gasteiger charge is 2.35. The minimum Gasteiger partial charge on any atom is -0.369 e. The van der Waals surface area contributed by atoms with E-state index in [2.05, 4.69) is 22.1 Å². The Morgan fingerprint density at radius 2 is 2.07 bits per heavy atom. The molecule has 0 radical (unpaired) electrons. The first-order chi connectivity index (χ1) is 14.2. The Morgan fingerprint density at radius 1 is 1.30 bits per heavy atom. The topological polar surface area (TPSA) is 48.5 Å². The fourth-order valence-corrected chi connectivity index (χ4v) is 4.22. The average molecular weight is 422 g/mol. The number of piperidine rings is 1. The van der Waals surface area contributed by atoms with E-state index in [1.165, 1.54) is 6.20 Å². The molecule has 164 valence electrons. The van der Waals surface area contributed by atoms with E-state index >= 15 is 0 Å². The van der Waals surface area contributed by atoms with Gasteiger partial charge in [0.25, 0.3) is 0 Å². The van der Waals surface area contributed by atoms with E-state index in [0.717, 1.165) is 37.6 Å². The van der Waals surface area contributed by atoms with Gasteiger partial charge in [-0.25, -0.2) is 0 Å². The van der Waals surface area contributed by atoms with Crippen molar-refractivity contribution in [1.82, 2.24) is 15.2 Å². The second-order valence-corrected chi connectivity index (χ2v) is 8.47. The van der Waals surface area contributed by atoms with Gasteiger partial charge in [-0.05, 0) is 63.7 Å². The molecule has 0 saturated carbocycles. The van der Waals surface area contributed by atoms with E-state index in [-0.39, 0.29) is 17.6 Å². The third-order valence-electron chi connectivity index (χ3n) is 5.55. The zero-order chi connectivity index (χ0) is 21.9. The van der Waals surface area contributed by atoms with Gasteiger partial charge in [0.1, 0.15) is 6.29 Å². The number of alkyl halides is 3. The van der Waals surface area contributed by atoms with Gasteiger partial charge < -0.3 is 19.9 Å². The third kappa shape index (κ3) is 5.29. The lowest BCUT2D eigenvalue weighted by molar-refractivity contribution is -0.136. The minimum atomic E-state index is -4.45. The molecule has 3 atom stereocenters. The number of hydrogen-bond donors (Lipinski definition) is 1. The minimum absolute atomic E-state index is 0.0259. The van der Waals surface area contributed by atoms with Gasteiger partial charge in [0, 0.05) is 36.4 Å². The number of aldehydes is 1. The van der Waals surface area contributed by atoms with Gasteiger partial charge in [0.15, 0.2) is 0 Å². The Hall–Kier alpha value is -2.19. The molecule has 0 aliphatic carbocycles. The van der Waals surface area contributed by atoms with E-state index in [1.807, 2.05) is 19.0 Å². The molecule has 1 aromatic carbocycles. The number of nitrogens with one attached hydrogen (secondary N) is 1. The van der Waals surface area contributed by atoms with Gasteiger partial charge in [-0.3, -0.25) is 4.98 Å². The number of carbonyl (C=O) groups excluding carboxylic acids is 1. The summed E-state index contributed by atoms with van der Waals surface area (Å²) in [5.74, 6) is 0.339. The molecule has 0 bridgehead atoms. The van der Waals surface area contributed by atoms with Crippen molar-refractivity contribution >= 4 is 22.9 Å². The van der Waals surface area contributed by atoms with Crippen LogP contribution in [0.15, 0.2) is 30.5 Å². The van der Waals surface area contributed by atoms with Gasteiger partial charge in [-0.15, -0.1) is 0 Å². The number of anilines is 1. The number of fused-ring (bicyclic) bond motifs is 1. The third-order valence-corrected chi connectivity index (χ3v) is 5.55.